The van der Waals surface area contributed by atoms with Gasteiger partial charge in [-0.15, -0.1) is 0 Å². The summed E-state index contributed by atoms with van der Waals surface area (Å²) in [6.07, 6.45) is 5.39. The van der Waals surface area contributed by atoms with Crippen LogP contribution in [0.25, 0.3) is 0 Å². The van der Waals surface area contributed by atoms with Crippen molar-refractivity contribution in [1.29, 1.82) is 0 Å². The van der Waals surface area contributed by atoms with E-state index in [1.807, 2.05) is 46.2 Å². The minimum Gasteiger partial charge on any atom is -0.339 e. The normalized spacial score (nSPS) is 16.9. The molecule has 0 atom stereocenters. The average Bonchev–Trinajstić information content (AvgIpc) is 2.93. The van der Waals surface area contributed by atoms with Gasteiger partial charge in [0.2, 0.25) is 0 Å². The van der Waals surface area contributed by atoms with Crippen molar-refractivity contribution in [1.82, 2.24) is 4.90 Å². The first-order valence-corrected chi connectivity index (χ1v) is 9.53. The number of hydrogen-bond donors (Lipinski definition) is 0. The molecule has 0 bridgehead atoms. The lowest BCUT2D eigenvalue weighted by Crippen LogP contribution is -2.32. The number of hydrogen-bond acceptors (Lipinski definition) is 2. The summed E-state index contributed by atoms with van der Waals surface area (Å²) in [4.78, 5) is 29.6. The van der Waals surface area contributed by atoms with Crippen molar-refractivity contribution in [3.8, 4) is 0 Å². The molecular formula is C22H24N2O2. The van der Waals surface area contributed by atoms with E-state index >= 15 is 0 Å². The minimum atomic E-state index is -0.0273. The molecule has 0 N–H and O–H groups in total. The van der Waals surface area contributed by atoms with Gasteiger partial charge in [-0.1, -0.05) is 37.1 Å². The molecule has 2 aromatic carbocycles. The first-order valence-electron chi connectivity index (χ1n) is 9.53. The van der Waals surface area contributed by atoms with Crippen LogP contribution in [-0.2, 0) is 6.42 Å². The molecule has 4 heteroatoms. The highest BCUT2D eigenvalue weighted by atomic mass is 16.2. The number of nitrogens with zero attached hydrogens (tertiary/aromatic N) is 2. The summed E-state index contributed by atoms with van der Waals surface area (Å²) in [6.45, 7) is 2.33. The molecule has 2 aliphatic heterocycles. The highest BCUT2D eigenvalue weighted by Crippen LogP contribution is 2.29. The van der Waals surface area contributed by atoms with Gasteiger partial charge in [0.1, 0.15) is 0 Å². The lowest BCUT2D eigenvalue weighted by atomic mass is 10.1. The van der Waals surface area contributed by atoms with Gasteiger partial charge < -0.3 is 9.80 Å². The Morgan fingerprint density at radius 2 is 1.42 bits per heavy atom. The van der Waals surface area contributed by atoms with Crippen molar-refractivity contribution >= 4 is 17.5 Å². The van der Waals surface area contributed by atoms with E-state index in [0.717, 1.165) is 38.0 Å². The van der Waals surface area contributed by atoms with Crippen LogP contribution >= 0.6 is 0 Å². The van der Waals surface area contributed by atoms with Gasteiger partial charge in [-0.2, -0.15) is 0 Å². The highest BCUT2D eigenvalue weighted by molar-refractivity contribution is 6.08. The van der Waals surface area contributed by atoms with E-state index in [4.69, 9.17) is 0 Å². The third kappa shape index (κ3) is 3.24. The molecule has 2 amide bonds. The fourth-order valence-corrected chi connectivity index (χ4v) is 3.95. The predicted octanol–water partition coefficient (Wildman–Crippen LogP) is 3.91. The van der Waals surface area contributed by atoms with Crippen molar-refractivity contribution in [3.05, 3.63) is 65.2 Å². The first-order chi connectivity index (χ1) is 12.7. The minimum absolute atomic E-state index is 0.0273. The van der Waals surface area contributed by atoms with Crippen LogP contribution in [-0.4, -0.2) is 36.3 Å². The molecule has 2 aliphatic rings. The van der Waals surface area contributed by atoms with Crippen molar-refractivity contribution < 1.29 is 9.59 Å². The maximum absolute atomic E-state index is 13.0. The zero-order chi connectivity index (χ0) is 17.9. The number of para-hydroxylation sites is 1. The van der Waals surface area contributed by atoms with E-state index in [9.17, 15) is 9.59 Å². The monoisotopic (exact) mass is 348 g/mol. The smallest absolute Gasteiger partial charge is 0.258 e. The van der Waals surface area contributed by atoms with E-state index in [0.29, 0.717) is 17.7 Å². The second-order valence-electron chi connectivity index (χ2n) is 7.12. The van der Waals surface area contributed by atoms with Crippen molar-refractivity contribution in [3.63, 3.8) is 0 Å². The highest BCUT2D eigenvalue weighted by Gasteiger charge is 2.26. The zero-order valence-electron chi connectivity index (χ0n) is 15.0. The fourth-order valence-electron chi connectivity index (χ4n) is 3.95. The van der Waals surface area contributed by atoms with Crippen LogP contribution in [0.3, 0.4) is 0 Å². The first kappa shape index (κ1) is 16.8. The molecule has 0 aromatic heterocycles. The number of carbonyl (C=O) groups excluding carboxylic acids is 2. The van der Waals surface area contributed by atoms with Crippen LogP contribution < -0.4 is 4.90 Å². The van der Waals surface area contributed by atoms with E-state index in [1.54, 1.807) is 6.07 Å². The summed E-state index contributed by atoms with van der Waals surface area (Å²) >= 11 is 0. The summed E-state index contributed by atoms with van der Waals surface area (Å²) in [5.41, 5.74) is 3.40. The molecule has 1 saturated heterocycles. The van der Waals surface area contributed by atoms with Gasteiger partial charge in [-0.3, -0.25) is 9.59 Å². The molecule has 0 aliphatic carbocycles. The predicted molar refractivity (Wildman–Crippen MR) is 103 cm³/mol. The Hall–Kier alpha value is -2.62. The number of amides is 2. The Morgan fingerprint density at radius 3 is 2.19 bits per heavy atom. The molecule has 0 spiro atoms. The largest absolute Gasteiger partial charge is 0.339 e. The average molecular weight is 348 g/mol. The summed E-state index contributed by atoms with van der Waals surface area (Å²) in [7, 11) is 0. The number of benzene rings is 2. The second kappa shape index (κ2) is 7.32. The van der Waals surface area contributed by atoms with E-state index in [-0.39, 0.29) is 11.8 Å². The maximum atomic E-state index is 13.0. The number of carbonyl (C=O) groups is 2. The number of rotatable bonds is 2. The van der Waals surface area contributed by atoms with Gasteiger partial charge in [-0.05, 0) is 49.1 Å². The van der Waals surface area contributed by atoms with Gasteiger partial charge >= 0.3 is 0 Å². The molecule has 0 unspecified atom stereocenters. The standard InChI is InChI=1S/C22H24N2O2/c25-21(23-13-5-1-2-6-14-23)18-9-7-10-19(16-18)22(26)24-15-12-17-8-3-4-11-20(17)24/h3-4,7-11,16H,1-2,5-6,12-15H2. The van der Waals surface area contributed by atoms with E-state index in [2.05, 4.69) is 6.07 Å². The van der Waals surface area contributed by atoms with Gasteiger partial charge in [0.15, 0.2) is 0 Å². The lowest BCUT2D eigenvalue weighted by molar-refractivity contribution is 0.0761. The summed E-state index contributed by atoms with van der Waals surface area (Å²) in [5.74, 6) is 0.0174. The fraction of sp³-hybridized carbons (Fsp3) is 0.364. The quantitative estimate of drug-likeness (QED) is 0.826. The van der Waals surface area contributed by atoms with Crippen molar-refractivity contribution in [2.24, 2.45) is 0 Å². The third-order valence-corrected chi connectivity index (χ3v) is 5.38. The van der Waals surface area contributed by atoms with E-state index in [1.165, 1.54) is 18.4 Å². The molecule has 2 heterocycles. The van der Waals surface area contributed by atoms with Crippen LogP contribution in [0.5, 0.6) is 0 Å². The molecule has 4 rings (SSSR count). The van der Waals surface area contributed by atoms with E-state index < -0.39 is 0 Å². The third-order valence-electron chi connectivity index (χ3n) is 5.38. The van der Waals surface area contributed by atoms with Crippen LogP contribution in [0.1, 0.15) is 52.0 Å². The molecule has 134 valence electrons. The summed E-state index contributed by atoms with van der Waals surface area (Å²) < 4.78 is 0. The van der Waals surface area contributed by atoms with Crippen molar-refractivity contribution in [2.75, 3.05) is 24.5 Å². The topological polar surface area (TPSA) is 40.6 Å². The van der Waals surface area contributed by atoms with Gasteiger partial charge in [0, 0.05) is 36.4 Å². The Bertz CT molecular complexity index is 822. The molecule has 26 heavy (non-hydrogen) atoms. The van der Waals surface area contributed by atoms with Crippen LogP contribution in [0.4, 0.5) is 5.69 Å². The number of fused-ring (bicyclic) bond motifs is 1. The van der Waals surface area contributed by atoms with Gasteiger partial charge in [0.05, 0.1) is 0 Å². The Labute approximate surface area is 154 Å². The molecule has 0 radical (unpaired) electrons. The van der Waals surface area contributed by atoms with Crippen LogP contribution in [0.15, 0.2) is 48.5 Å². The van der Waals surface area contributed by atoms with Crippen molar-refractivity contribution in [2.45, 2.75) is 32.1 Å². The summed E-state index contributed by atoms with van der Waals surface area (Å²) in [5, 5.41) is 0. The Morgan fingerprint density at radius 1 is 0.731 bits per heavy atom. The summed E-state index contributed by atoms with van der Waals surface area (Å²) in [6, 6.07) is 15.2. The SMILES string of the molecule is O=C(c1cccc(C(=O)N2CCc3ccccc32)c1)N1CCCCCC1. The van der Waals surface area contributed by atoms with Gasteiger partial charge in [-0.25, -0.2) is 0 Å². The van der Waals surface area contributed by atoms with Gasteiger partial charge in [0.25, 0.3) is 11.8 Å². The molecule has 2 aromatic rings. The Kier molecular flexibility index (Phi) is 4.74. The number of anilines is 1. The zero-order valence-corrected chi connectivity index (χ0v) is 15.0. The van der Waals surface area contributed by atoms with Crippen LogP contribution in [0, 0.1) is 0 Å². The Balaban J connectivity index is 1.56. The molecule has 4 nitrogen and oxygen atoms in total. The molecule has 1 fully saturated rings. The number of likely N-dealkylation sites (tertiary alicyclic amines) is 1. The second-order valence-corrected chi connectivity index (χ2v) is 7.12. The molecule has 0 saturated carbocycles. The lowest BCUT2D eigenvalue weighted by Gasteiger charge is -2.21. The molecular weight excluding hydrogens is 324 g/mol. The maximum Gasteiger partial charge on any atom is 0.258 e. The van der Waals surface area contributed by atoms with Crippen LogP contribution in [0.2, 0.25) is 0 Å².